The van der Waals surface area contributed by atoms with Gasteiger partial charge in [-0.2, -0.15) is 0 Å². The highest BCUT2D eigenvalue weighted by molar-refractivity contribution is 5.85. The summed E-state index contributed by atoms with van der Waals surface area (Å²) in [6, 6.07) is -0.306. The van der Waals surface area contributed by atoms with Crippen LogP contribution in [0, 0.1) is 5.92 Å². The van der Waals surface area contributed by atoms with E-state index in [9.17, 15) is 4.79 Å². The number of hydrogen-bond acceptors (Lipinski definition) is 4. The zero-order valence-corrected chi connectivity index (χ0v) is 13.2. The van der Waals surface area contributed by atoms with E-state index in [-0.39, 0.29) is 24.4 Å². The minimum Gasteiger partial charge on any atom is -0.381 e. The molecule has 2 atom stereocenters. The number of amides is 1. The van der Waals surface area contributed by atoms with Gasteiger partial charge in [-0.1, -0.05) is 13.3 Å². The van der Waals surface area contributed by atoms with Crippen LogP contribution >= 0.6 is 12.4 Å². The summed E-state index contributed by atoms with van der Waals surface area (Å²) >= 11 is 0. The van der Waals surface area contributed by atoms with Gasteiger partial charge in [0.05, 0.1) is 12.6 Å². The summed E-state index contributed by atoms with van der Waals surface area (Å²) in [5.74, 6) is 0.815. The second-order valence-electron chi connectivity index (χ2n) is 5.75. The number of hydrogen-bond donors (Lipinski definition) is 1. The molecule has 2 heterocycles. The Balaban J connectivity index is 0.00000200. The van der Waals surface area contributed by atoms with Crippen molar-refractivity contribution in [2.45, 2.75) is 32.2 Å². The fourth-order valence-corrected chi connectivity index (χ4v) is 2.91. The van der Waals surface area contributed by atoms with E-state index in [4.69, 9.17) is 10.5 Å². The number of rotatable bonds is 5. The lowest BCUT2D eigenvalue weighted by atomic mass is 10.1. The van der Waals surface area contributed by atoms with Gasteiger partial charge in [-0.15, -0.1) is 12.4 Å². The average Bonchev–Trinajstić information content (AvgIpc) is 2.92. The summed E-state index contributed by atoms with van der Waals surface area (Å²) in [6.07, 6.45) is 2.94. The summed E-state index contributed by atoms with van der Waals surface area (Å²) < 4.78 is 5.41. The smallest absolute Gasteiger partial charge is 0.239 e. The van der Waals surface area contributed by atoms with Crippen LogP contribution < -0.4 is 5.73 Å². The van der Waals surface area contributed by atoms with Crippen molar-refractivity contribution in [1.82, 2.24) is 9.80 Å². The summed E-state index contributed by atoms with van der Waals surface area (Å²) in [7, 11) is 0. The van der Waals surface area contributed by atoms with Crippen LogP contribution in [-0.4, -0.2) is 67.7 Å². The van der Waals surface area contributed by atoms with Crippen molar-refractivity contribution in [2.24, 2.45) is 11.7 Å². The van der Waals surface area contributed by atoms with E-state index in [2.05, 4.69) is 11.8 Å². The Bertz CT molecular complexity index is 290. The second kappa shape index (κ2) is 8.82. The standard InChI is InChI=1S/C14H27N3O2.ClH/c1-2-3-13(15)14(18)17-7-5-16(6-8-17)10-12-4-9-19-11-12;/h12-13H,2-11,15H2,1H3;1H. The summed E-state index contributed by atoms with van der Waals surface area (Å²) in [5.41, 5.74) is 5.90. The van der Waals surface area contributed by atoms with Crippen molar-refractivity contribution in [3.05, 3.63) is 0 Å². The maximum atomic E-state index is 12.1. The van der Waals surface area contributed by atoms with Crippen LogP contribution in [0.1, 0.15) is 26.2 Å². The molecule has 0 aromatic rings. The first-order chi connectivity index (χ1) is 9.20. The summed E-state index contributed by atoms with van der Waals surface area (Å²) in [5, 5.41) is 0. The second-order valence-corrected chi connectivity index (χ2v) is 5.75. The van der Waals surface area contributed by atoms with Crippen molar-refractivity contribution < 1.29 is 9.53 Å². The molecule has 2 fully saturated rings. The third-order valence-electron chi connectivity index (χ3n) is 4.14. The van der Waals surface area contributed by atoms with E-state index >= 15 is 0 Å². The quantitative estimate of drug-likeness (QED) is 0.813. The summed E-state index contributed by atoms with van der Waals surface area (Å²) in [4.78, 5) is 16.5. The number of ether oxygens (including phenoxy) is 1. The highest BCUT2D eigenvalue weighted by Crippen LogP contribution is 2.15. The summed E-state index contributed by atoms with van der Waals surface area (Å²) in [6.45, 7) is 8.59. The van der Waals surface area contributed by atoms with Crippen LogP contribution in [0.5, 0.6) is 0 Å². The highest BCUT2D eigenvalue weighted by Gasteiger charge is 2.26. The van der Waals surface area contributed by atoms with Gasteiger partial charge in [0.1, 0.15) is 0 Å². The molecule has 2 aliphatic rings. The maximum absolute atomic E-state index is 12.1. The first-order valence-corrected chi connectivity index (χ1v) is 7.55. The fourth-order valence-electron chi connectivity index (χ4n) is 2.91. The Morgan fingerprint density at radius 1 is 1.35 bits per heavy atom. The van der Waals surface area contributed by atoms with Crippen LogP contribution in [0.3, 0.4) is 0 Å². The van der Waals surface area contributed by atoms with Crippen molar-refractivity contribution in [1.29, 1.82) is 0 Å². The van der Waals surface area contributed by atoms with Crippen molar-refractivity contribution in [3.63, 3.8) is 0 Å². The molecule has 2 aliphatic heterocycles. The molecule has 0 aromatic heterocycles. The van der Waals surface area contributed by atoms with E-state index in [1.807, 2.05) is 4.90 Å². The first kappa shape index (κ1) is 17.7. The fraction of sp³-hybridized carbons (Fsp3) is 0.929. The van der Waals surface area contributed by atoms with Gasteiger partial charge in [-0.3, -0.25) is 9.69 Å². The lowest BCUT2D eigenvalue weighted by molar-refractivity contribution is -0.134. The van der Waals surface area contributed by atoms with Crippen LogP contribution in [0.4, 0.5) is 0 Å². The van der Waals surface area contributed by atoms with Crippen molar-refractivity contribution >= 4 is 18.3 Å². The van der Waals surface area contributed by atoms with E-state index in [0.29, 0.717) is 5.92 Å². The van der Waals surface area contributed by atoms with E-state index in [0.717, 1.165) is 58.8 Å². The minimum atomic E-state index is -0.306. The van der Waals surface area contributed by atoms with E-state index < -0.39 is 0 Å². The van der Waals surface area contributed by atoms with Gasteiger partial charge in [-0.25, -0.2) is 0 Å². The topological polar surface area (TPSA) is 58.8 Å². The molecular weight excluding hydrogens is 278 g/mol. The normalized spacial score (nSPS) is 25.3. The van der Waals surface area contributed by atoms with Gasteiger partial charge in [0, 0.05) is 39.3 Å². The predicted octanol–water partition coefficient (Wildman–Crippen LogP) is 0.716. The van der Waals surface area contributed by atoms with Crippen LogP contribution in [-0.2, 0) is 9.53 Å². The molecule has 2 rings (SSSR count). The first-order valence-electron chi connectivity index (χ1n) is 7.55. The van der Waals surface area contributed by atoms with Crippen LogP contribution in [0.25, 0.3) is 0 Å². The molecule has 0 bridgehead atoms. The zero-order valence-electron chi connectivity index (χ0n) is 12.4. The monoisotopic (exact) mass is 305 g/mol. The van der Waals surface area contributed by atoms with Gasteiger partial charge in [-0.05, 0) is 18.8 Å². The molecule has 5 nitrogen and oxygen atoms in total. The number of piperazine rings is 1. The van der Waals surface area contributed by atoms with Crippen LogP contribution in [0.15, 0.2) is 0 Å². The van der Waals surface area contributed by atoms with Gasteiger partial charge in [0.25, 0.3) is 0 Å². The Hall–Kier alpha value is -0.360. The molecule has 20 heavy (non-hydrogen) atoms. The third-order valence-corrected chi connectivity index (χ3v) is 4.14. The number of nitrogens with two attached hydrogens (primary N) is 1. The zero-order chi connectivity index (χ0) is 13.7. The molecule has 0 saturated carbocycles. The highest BCUT2D eigenvalue weighted by atomic mass is 35.5. The van der Waals surface area contributed by atoms with E-state index in [1.165, 1.54) is 6.42 Å². The largest absolute Gasteiger partial charge is 0.381 e. The Morgan fingerprint density at radius 3 is 2.60 bits per heavy atom. The molecule has 1 amide bonds. The van der Waals surface area contributed by atoms with E-state index in [1.54, 1.807) is 0 Å². The molecule has 0 spiro atoms. The van der Waals surface area contributed by atoms with Gasteiger partial charge in [0.2, 0.25) is 5.91 Å². The molecular formula is C14H28ClN3O2. The molecule has 6 heteroatoms. The number of nitrogens with zero attached hydrogens (tertiary/aromatic N) is 2. The number of carbonyl (C=O) groups is 1. The molecule has 0 aromatic carbocycles. The van der Waals surface area contributed by atoms with Crippen molar-refractivity contribution in [3.8, 4) is 0 Å². The van der Waals surface area contributed by atoms with Crippen LogP contribution in [0.2, 0.25) is 0 Å². The maximum Gasteiger partial charge on any atom is 0.239 e. The Kier molecular flexibility index (Phi) is 7.80. The number of carbonyl (C=O) groups excluding carboxylic acids is 1. The molecule has 2 unspecified atom stereocenters. The van der Waals surface area contributed by atoms with Gasteiger partial charge >= 0.3 is 0 Å². The van der Waals surface area contributed by atoms with Crippen molar-refractivity contribution in [2.75, 3.05) is 45.9 Å². The Labute approximate surface area is 128 Å². The number of halogens is 1. The Morgan fingerprint density at radius 2 is 2.05 bits per heavy atom. The lowest BCUT2D eigenvalue weighted by Gasteiger charge is -2.36. The van der Waals surface area contributed by atoms with Gasteiger partial charge < -0.3 is 15.4 Å². The average molecular weight is 306 g/mol. The third kappa shape index (κ3) is 4.88. The molecule has 118 valence electrons. The lowest BCUT2D eigenvalue weighted by Crippen LogP contribution is -2.53. The molecule has 0 radical (unpaired) electrons. The molecule has 2 saturated heterocycles. The predicted molar refractivity (Wildman–Crippen MR) is 82.1 cm³/mol. The molecule has 0 aliphatic carbocycles. The molecule has 2 N–H and O–H groups in total. The minimum absolute atomic E-state index is 0. The van der Waals surface area contributed by atoms with Gasteiger partial charge in [0.15, 0.2) is 0 Å². The SMILES string of the molecule is CCCC(N)C(=O)N1CCN(CC2CCOC2)CC1.Cl.